The molecule has 4 heteroatoms. The van der Waals surface area contributed by atoms with Gasteiger partial charge in [0.1, 0.15) is 0 Å². The third-order valence-electron chi connectivity index (χ3n) is 4.35. The summed E-state index contributed by atoms with van der Waals surface area (Å²) in [7, 11) is 3.56. The first-order valence-electron chi connectivity index (χ1n) is 7.99. The van der Waals surface area contributed by atoms with E-state index in [1.54, 1.807) is 14.2 Å². The van der Waals surface area contributed by atoms with Crippen LogP contribution in [0.2, 0.25) is 5.32 Å². The van der Waals surface area contributed by atoms with E-state index in [1.165, 1.54) is 15.6 Å². The van der Waals surface area contributed by atoms with Gasteiger partial charge < -0.3 is 0 Å². The quantitative estimate of drug-likeness (QED) is 0.601. The molecule has 2 aromatic carbocycles. The number of hydrogen-bond donors (Lipinski definition) is 0. The molecule has 0 aliphatic carbocycles. The van der Waals surface area contributed by atoms with Crippen molar-refractivity contribution in [2.75, 3.05) is 20.5 Å². The number of thioether (sulfide) groups is 1. The van der Waals surface area contributed by atoms with Crippen LogP contribution >= 0.6 is 11.8 Å². The molecule has 0 saturated carbocycles. The normalized spacial score (nSPS) is 14.9. The summed E-state index contributed by atoms with van der Waals surface area (Å²) in [6.07, 6.45) is 2.16. The predicted molar refractivity (Wildman–Crippen MR) is 106 cm³/mol. The Balaban J connectivity index is 2.30. The van der Waals surface area contributed by atoms with E-state index in [0.717, 1.165) is 11.1 Å². The summed E-state index contributed by atoms with van der Waals surface area (Å²) in [5.41, 5.74) is 2.33. The van der Waals surface area contributed by atoms with Crippen LogP contribution in [0.1, 0.15) is 30.2 Å². The van der Waals surface area contributed by atoms with Crippen LogP contribution in [0.3, 0.4) is 0 Å². The molecular formula is C20H26O2SSe. The SMILES string of the molecule is COc1cccc([C@H](C)SC)c1[Se]CC(C)(OC)c1ccccc1. The second kappa shape index (κ2) is 8.96. The van der Waals surface area contributed by atoms with Crippen molar-refractivity contribution < 1.29 is 9.47 Å². The average Bonchev–Trinajstić information content (AvgIpc) is 2.65. The molecule has 0 bridgehead atoms. The summed E-state index contributed by atoms with van der Waals surface area (Å²) in [4.78, 5) is 0. The number of methoxy groups -OCH3 is 2. The Morgan fingerprint density at radius 1 is 1.08 bits per heavy atom. The van der Waals surface area contributed by atoms with Gasteiger partial charge in [0.2, 0.25) is 0 Å². The van der Waals surface area contributed by atoms with Gasteiger partial charge in [0.05, 0.1) is 0 Å². The summed E-state index contributed by atoms with van der Waals surface area (Å²) >= 11 is 2.13. The average molecular weight is 409 g/mol. The van der Waals surface area contributed by atoms with E-state index in [4.69, 9.17) is 9.47 Å². The molecule has 0 spiro atoms. The fourth-order valence-corrected chi connectivity index (χ4v) is 6.13. The van der Waals surface area contributed by atoms with E-state index in [1.807, 2.05) is 17.8 Å². The zero-order valence-electron chi connectivity index (χ0n) is 15.0. The van der Waals surface area contributed by atoms with Crippen molar-refractivity contribution in [1.82, 2.24) is 0 Å². The van der Waals surface area contributed by atoms with Crippen LogP contribution in [0.25, 0.3) is 0 Å². The van der Waals surface area contributed by atoms with Crippen LogP contribution < -0.4 is 9.20 Å². The van der Waals surface area contributed by atoms with Crippen molar-refractivity contribution in [2.45, 2.75) is 30.0 Å². The molecule has 0 aliphatic heterocycles. The van der Waals surface area contributed by atoms with E-state index in [2.05, 4.69) is 62.6 Å². The summed E-state index contributed by atoms with van der Waals surface area (Å²) in [6, 6.07) is 16.9. The summed E-state index contributed by atoms with van der Waals surface area (Å²) in [5, 5.41) is 1.43. The van der Waals surface area contributed by atoms with Crippen LogP contribution in [0.5, 0.6) is 5.75 Å². The van der Waals surface area contributed by atoms with E-state index in [-0.39, 0.29) is 20.6 Å². The van der Waals surface area contributed by atoms with Gasteiger partial charge in [-0.05, 0) is 0 Å². The molecule has 2 nitrogen and oxygen atoms in total. The van der Waals surface area contributed by atoms with Gasteiger partial charge in [-0.2, -0.15) is 0 Å². The minimum atomic E-state index is -0.276. The van der Waals surface area contributed by atoms with Gasteiger partial charge in [-0.25, -0.2) is 0 Å². The third kappa shape index (κ3) is 4.37. The standard InChI is InChI=1S/C20H26O2SSe/c1-15(23-5)17-12-9-13-18(21-3)19(17)24-14-20(2,22-4)16-10-7-6-8-11-16/h6-13,15H,14H2,1-5H3/t15-,20?/m0/s1. The molecule has 0 radical (unpaired) electrons. The molecule has 0 fully saturated rings. The maximum atomic E-state index is 5.92. The van der Waals surface area contributed by atoms with Gasteiger partial charge in [0.15, 0.2) is 0 Å². The van der Waals surface area contributed by atoms with Crippen LogP contribution in [0.4, 0.5) is 0 Å². The van der Waals surface area contributed by atoms with Crippen molar-refractivity contribution in [1.29, 1.82) is 0 Å². The van der Waals surface area contributed by atoms with Crippen LogP contribution in [-0.2, 0) is 10.3 Å². The third-order valence-corrected chi connectivity index (χ3v) is 8.29. The van der Waals surface area contributed by atoms with Crippen molar-refractivity contribution in [3.63, 3.8) is 0 Å². The van der Waals surface area contributed by atoms with Gasteiger partial charge in [-0.15, -0.1) is 0 Å². The van der Waals surface area contributed by atoms with Crippen LogP contribution in [0, 0.1) is 0 Å². The predicted octanol–water partition coefficient (Wildman–Crippen LogP) is 4.43. The Morgan fingerprint density at radius 3 is 2.38 bits per heavy atom. The van der Waals surface area contributed by atoms with Crippen molar-refractivity contribution in [3.05, 3.63) is 59.7 Å². The molecule has 2 aromatic rings. The molecule has 0 aromatic heterocycles. The molecule has 0 amide bonds. The van der Waals surface area contributed by atoms with Crippen LogP contribution in [0.15, 0.2) is 48.5 Å². The molecule has 0 aliphatic rings. The molecular weight excluding hydrogens is 383 g/mol. The number of rotatable bonds is 8. The van der Waals surface area contributed by atoms with E-state index >= 15 is 0 Å². The first-order valence-corrected chi connectivity index (χ1v) is 11.3. The Labute approximate surface area is 156 Å². The Morgan fingerprint density at radius 2 is 1.79 bits per heavy atom. The summed E-state index contributed by atoms with van der Waals surface area (Å²) in [6.45, 7) is 4.43. The molecule has 0 saturated heterocycles. The monoisotopic (exact) mass is 410 g/mol. The number of hydrogen-bond acceptors (Lipinski definition) is 3. The molecule has 24 heavy (non-hydrogen) atoms. The molecule has 2 rings (SSSR count). The van der Waals surface area contributed by atoms with Crippen molar-refractivity contribution in [3.8, 4) is 5.75 Å². The fourth-order valence-electron chi connectivity index (χ4n) is 2.56. The zero-order chi connectivity index (χ0) is 17.6. The minimum absolute atomic E-state index is 0.256. The maximum absolute atomic E-state index is 5.92. The van der Waals surface area contributed by atoms with Gasteiger partial charge in [0.25, 0.3) is 0 Å². The number of benzene rings is 2. The van der Waals surface area contributed by atoms with Crippen LogP contribution in [-0.4, -0.2) is 35.4 Å². The molecule has 1 unspecified atom stereocenters. The van der Waals surface area contributed by atoms with Gasteiger partial charge >= 0.3 is 157 Å². The Kier molecular flexibility index (Phi) is 7.24. The van der Waals surface area contributed by atoms with Gasteiger partial charge in [0, 0.05) is 0 Å². The first kappa shape index (κ1) is 19.4. The molecule has 0 N–H and O–H groups in total. The van der Waals surface area contributed by atoms with Gasteiger partial charge in [-0.1, -0.05) is 0 Å². The second-order valence-electron chi connectivity index (χ2n) is 5.85. The van der Waals surface area contributed by atoms with E-state index in [0.29, 0.717) is 5.25 Å². The van der Waals surface area contributed by atoms with E-state index < -0.39 is 0 Å². The topological polar surface area (TPSA) is 18.5 Å². The summed E-state index contributed by atoms with van der Waals surface area (Å²) in [5.74, 6) is 1.000. The summed E-state index contributed by atoms with van der Waals surface area (Å²) < 4.78 is 12.9. The van der Waals surface area contributed by atoms with Crippen molar-refractivity contribution >= 4 is 31.2 Å². The molecule has 130 valence electrons. The second-order valence-corrected chi connectivity index (χ2v) is 9.09. The Bertz CT molecular complexity index is 647. The zero-order valence-corrected chi connectivity index (χ0v) is 17.6. The first-order chi connectivity index (χ1) is 11.6. The Hall–Kier alpha value is -0.931. The molecule has 0 heterocycles. The number of ether oxygens (including phenoxy) is 2. The van der Waals surface area contributed by atoms with Crippen molar-refractivity contribution in [2.24, 2.45) is 0 Å². The molecule has 2 atom stereocenters. The van der Waals surface area contributed by atoms with E-state index in [9.17, 15) is 0 Å². The van der Waals surface area contributed by atoms with Gasteiger partial charge in [-0.3, -0.25) is 0 Å². The fraction of sp³-hybridized carbons (Fsp3) is 0.400.